The van der Waals surface area contributed by atoms with Crippen LogP contribution in [0.15, 0.2) is 35.1 Å². The number of rotatable bonds is 3. The van der Waals surface area contributed by atoms with E-state index in [1.165, 1.54) is 9.58 Å². The smallest absolute Gasteiger partial charge is 0.295 e. The van der Waals surface area contributed by atoms with Crippen molar-refractivity contribution in [3.05, 3.63) is 46.4 Å². The summed E-state index contributed by atoms with van der Waals surface area (Å²) in [6, 6.07) is 9.24. The third-order valence-corrected chi connectivity index (χ3v) is 4.51. The molecule has 7 heteroatoms. The van der Waals surface area contributed by atoms with Gasteiger partial charge >= 0.3 is 0 Å². The fourth-order valence-electron chi connectivity index (χ4n) is 2.98. The average molecular weight is 328 g/mol. The minimum absolute atomic E-state index is 0.0540. The van der Waals surface area contributed by atoms with Crippen molar-refractivity contribution in [1.29, 1.82) is 0 Å². The van der Waals surface area contributed by atoms with Crippen molar-refractivity contribution >= 4 is 17.5 Å². The Bertz CT molecular complexity index is 851. The Labute approximate surface area is 139 Å². The van der Waals surface area contributed by atoms with Gasteiger partial charge in [-0.1, -0.05) is 18.2 Å². The van der Waals surface area contributed by atoms with Crippen LogP contribution in [0, 0.1) is 12.8 Å². The van der Waals surface area contributed by atoms with Gasteiger partial charge in [0.05, 0.1) is 17.3 Å². The molecule has 1 N–H and O–H groups in total. The van der Waals surface area contributed by atoms with Crippen LogP contribution < -0.4 is 10.9 Å². The Morgan fingerprint density at radius 3 is 2.42 bits per heavy atom. The molecule has 1 fully saturated rings. The first-order valence-electron chi connectivity index (χ1n) is 7.79. The van der Waals surface area contributed by atoms with Gasteiger partial charge in [0.25, 0.3) is 5.56 Å². The van der Waals surface area contributed by atoms with Crippen molar-refractivity contribution in [2.24, 2.45) is 13.0 Å². The highest BCUT2D eigenvalue weighted by Gasteiger charge is 2.33. The molecule has 0 saturated carbocycles. The summed E-state index contributed by atoms with van der Waals surface area (Å²) in [5, 5.41) is 2.72. The van der Waals surface area contributed by atoms with E-state index >= 15 is 0 Å². The summed E-state index contributed by atoms with van der Waals surface area (Å²) < 4.78 is 3.22. The van der Waals surface area contributed by atoms with Crippen LogP contribution >= 0.6 is 0 Å². The number of likely N-dealkylation sites (tertiary alicyclic amines) is 1. The molecule has 1 aromatic heterocycles. The maximum absolute atomic E-state index is 12.7. The number of para-hydroxylation sites is 1. The fourth-order valence-corrected chi connectivity index (χ4v) is 2.98. The van der Waals surface area contributed by atoms with E-state index in [1.54, 1.807) is 25.7 Å². The van der Waals surface area contributed by atoms with Gasteiger partial charge in [0, 0.05) is 27.1 Å². The van der Waals surface area contributed by atoms with Gasteiger partial charge in [-0.05, 0) is 19.1 Å². The number of hydrogen-bond donors (Lipinski definition) is 1. The number of carbonyl (C=O) groups excluding carboxylic acids is 2. The molecule has 0 aliphatic carbocycles. The molecule has 2 amide bonds. The molecule has 24 heavy (non-hydrogen) atoms. The molecule has 2 aromatic rings. The first-order valence-corrected chi connectivity index (χ1v) is 7.79. The van der Waals surface area contributed by atoms with Crippen molar-refractivity contribution in [2.75, 3.05) is 18.9 Å². The van der Waals surface area contributed by atoms with Crippen molar-refractivity contribution in [2.45, 2.75) is 13.3 Å². The van der Waals surface area contributed by atoms with E-state index in [0.29, 0.717) is 12.2 Å². The molecule has 0 spiro atoms. The zero-order chi connectivity index (χ0) is 17.4. The first-order chi connectivity index (χ1) is 11.4. The van der Waals surface area contributed by atoms with Gasteiger partial charge in [0.2, 0.25) is 11.8 Å². The Morgan fingerprint density at radius 1 is 1.17 bits per heavy atom. The monoisotopic (exact) mass is 328 g/mol. The number of aromatic nitrogens is 2. The van der Waals surface area contributed by atoms with Crippen molar-refractivity contribution in [3.8, 4) is 5.69 Å². The van der Waals surface area contributed by atoms with Crippen LogP contribution in [0.2, 0.25) is 0 Å². The van der Waals surface area contributed by atoms with Gasteiger partial charge < -0.3 is 10.2 Å². The van der Waals surface area contributed by atoms with Gasteiger partial charge in [-0.25, -0.2) is 4.68 Å². The van der Waals surface area contributed by atoms with E-state index < -0.39 is 5.92 Å². The molecule has 1 aromatic carbocycles. The van der Waals surface area contributed by atoms with Crippen molar-refractivity contribution in [1.82, 2.24) is 14.3 Å². The normalized spacial score (nSPS) is 17.4. The number of nitrogens with one attached hydrogen (secondary N) is 1. The lowest BCUT2D eigenvalue weighted by molar-refractivity contribution is -0.127. The summed E-state index contributed by atoms with van der Waals surface area (Å²) in [5.74, 6) is -0.771. The highest BCUT2D eigenvalue weighted by atomic mass is 16.2. The molecule has 3 rings (SSSR count). The number of nitrogens with zero attached hydrogens (tertiary/aromatic N) is 3. The molecule has 7 nitrogen and oxygen atoms in total. The maximum Gasteiger partial charge on any atom is 0.295 e. The minimum atomic E-state index is -0.424. The van der Waals surface area contributed by atoms with Gasteiger partial charge in [-0.15, -0.1) is 0 Å². The SMILES string of the molecule is Cc1c(NC(=O)[C@@H]2CC(=O)N(C)C2)c(=O)n(-c2ccccc2)n1C. The fraction of sp³-hybridized carbons (Fsp3) is 0.353. The molecular formula is C17H20N4O3. The zero-order valence-corrected chi connectivity index (χ0v) is 13.9. The van der Waals surface area contributed by atoms with Crippen LogP contribution in [0.4, 0.5) is 5.69 Å². The largest absolute Gasteiger partial charge is 0.345 e. The summed E-state index contributed by atoms with van der Waals surface area (Å²) >= 11 is 0. The predicted octanol–water partition coefficient (Wildman–Crippen LogP) is 0.901. The first kappa shape index (κ1) is 16.0. The topological polar surface area (TPSA) is 76.3 Å². The molecule has 0 unspecified atom stereocenters. The lowest BCUT2D eigenvalue weighted by atomic mass is 10.1. The van der Waals surface area contributed by atoms with E-state index in [0.717, 1.165) is 5.69 Å². The zero-order valence-electron chi connectivity index (χ0n) is 13.9. The van der Waals surface area contributed by atoms with Crippen molar-refractivity contribution < 1.29 is 9.59 Å². The average Bonchev–Trinajstić information content (AvgIpc) is 3.01. The molecule has 126 valence electrons. The lowest BCUT2D eigenvalue weighted by Crippen LogP contribution is -2.28. The number of carbonyl (C=O) groups is 2. The van der Waals surface area contributed by atoms with E-state index in [1.807, 2.05) is 30.3 Å². The van der Waals surface area contributed by atoms with E-state index in [2.05, 4.69) is 5.32 Å². The predicted molar refractivity (Wildman–Crippen MR) is 90.1 cm³/mol. The molecule has 1 aliphatic heterocycles. The highest BCUT2D eigenvalue weighted by molar-refractivity contribution is 5.97. The third-order valence-electron chi connectivity index (χ3n) is 4.51. The second-order valence-corrected chi connectivity index (χ2v) is 6.10. The van der Waals surface area contributed by atoms with Crippen LogP contribution in [-0.4, -0.2) is 39.7 Å². The third kappa shape index (κ3) is 2.62. The van der Waals surface area contributed by atoms with Crippen LogP contribution in [0.1, 0.15) is 12.1 Å². The standard InChI is InChI=1S/C17H20N4O3/c1-11-15(18-16(23)12-9-14(22)19(2)10-12)17(24)21(20(11)3)13-7-5-4-6-8-13/h4-8,12H,9-10H2,1-3H3,(H,18,23)/t12-/m1/s1. The molecule has 1 saturated heterocycles. The van der Waals surface area contributed by atoms with Crippen LogP contribution in [0.5, 0.6) is 0 Å². The number of amides is 2. The highest BCUT2D eigenvalue weighted by Crippen LogP contribution is 2.19. The lowest BCUT2D eigenvalue weighted by Gasteiger charge is -2.10. The van der Waals surface area contributed by atoms with E-state index in [4.69, 9.17) is 0 Å². The molecule has 0 bridgehead atoms. The molecule has 1 aliphatic rings. The summed E-state index contributed by atoms with van der Waals surface area (Å²) in [6.07, 6.45) is 0.182. The van der Waals surface area contributed by atoms with Gasteiger partial charge in [0.1, 0.15) is 5.69 Å². The van der Waals surface area contributed by atoms with Crippen LogP contribution in [0.3, 0.4) is 0 Å². The second-order valence-electron chi connectivity index (χ2n) is 6.10. The number of hydrogen-bond acceptors (Lipinski definition) is 3. The summed E-state index contributed by atoms with van der Waals surface area (Å²) in [5.41, 5.74) is 1.36. The van der Waals surface area contributed by atoms with Crippen molar-refractivity contribution in [3.63, 3.8) is 0 Å². The Balaban J connectivity index is 1.91. The summed E-state index contributed by atoms with van der Waals surface area (Å²) in [7, 11) is 3.44. The Kier molecular flexibility index (Phi) is 4.01. The van der Waals surface area contributed by atoms with Gasteiger partial charge in [-0.3, -0.25) is 19.1 Å². The molecule has 1 atom stereocenters. The number of anilines is 1. The van der Waals surface area contributed by atoms with E-state index in [9.17, 15) is 14.4 Å². The number of benzene rings is 1. The van der Waals surface area contributed by atoms with Gasteiger partial charge in [-0.2, -0.15) is 0 Å². The van der Waals surface area contributed by atoms with Crippen LogP contribution in [-0.2, 0) is 16.6 Å². The quantitative estimate of drug-likeness (QED) is 0.909. The maximum atomic E-state index is 12.7. The Hall–Kier alpha value is -2.83. The van der Waals surface area contributed by atoms with Gasteiger partial charge in [0.15, 0.2) is 0 Å². The molecular weight excluding hydrogens is 308 g/mol. The molecule has 0 radical (unpaired) electrons. The minimum Gasteiger partial charge on any atom is -0.345 e. The Morgan fingerprint density at radius 2 is 1.83 bits per heavy atom. The summed E-state index contributed by atoms with van der Waals surface area (Å²) in [6.45, 7) is 2.16. The van der Waals surface area contributed by atoms with Crippen LogP contribution in [0.25, 0.3) is 5.69 Å². The molecule has 2 heterocycles. The second kappa shape index (κ2) is 5.99. The summed E-state index contributed by atoms with van der Waals surface area (Å²) in [4.78, 5) is 38.3. The van der Waals surface area contributed by atoms with E-state index in [-0.39, 0.29) is 29.5 Å².